The van der Waals surface area contributed by atoms with Crippen molar-refractivity contribution in [3.05, 3.63) is 71.2 Å². The van der Waals surface area contributed by atoms with Crippen LogP contribution in [0.25, 0.3) is 10.9 Å². The van der Waals surface area contributed by atoms with Gasteiger partial charge in [0.1, 0.15) is 5.82 Å². The molecule has 1 aliphatic heterocycles. The minimum atomic E-state index is -0.412. The van der Waals surface area contributed by atoms with Gasteiger partial charge in [-0.1, -0.05) is 44.2 Å². The van der Waals surface area contributed by atoms with E-state index in [0.29, 0.717) is 48.2 Å². The Labute approximate surface area is 181 Å². The summed E-state index contributed by atoms with van der Waals surface area (Å²) >= 11 is 0. The number of halogens is 1. The minimum absolute atomic E-state index is 0.00932. The second-order valence-corrected chi connectivity index (χ2v) is 8.20. The predicted molar refractivity (Wildman–Crippen MR) is 118 cm³/mol. The second kappa shape index (κ2) is 9.02. The molecule has 0 bridgehead atoms. The lowest BCUT2D eigenvalue weighted by Gasteiger charge is -2.29. The van der Waals surface area contributed by atoms with Crippen LogP contribution in [0.1, 0.15) is 53.0 Å². The van der Waals surface area contributed by atoms with Crippen molar-refractivity contribution in [2.45, 2.75) is 39.3 Å². The third-order valence-corrected chi connectivity index (χ3v) is 6.01. The Kier molecular flexibility index (Phi) is 6.18. The normalized spacial score (nSPS) is 18.8. The number of carbonyl (C=O) groups excluding carboxylic acids is 2. The molecule has 0 aliphatic carbocycles. The van der Waals surface area contributed by atoms with Crippen molar-refractivity contribution in [3.8, 4) is 0 Å². The Hall–Kier alpha value is -2.99. The molecule has 2 aromatic carbocycles. The molecule has 0 radical (unpaired) electrons. The molecule has 1 aromatic heterocycles. The van der Waals surface area contributed by atoms with Crippen LogP contribution < -0.4 is 5.32 Å². The van der Waals surface area contributed by atoms with Gasteiger partial charge in [0, 0.05) is 42.8 Å². The highest BCUT2D eigenvalue weighted by molar-refractivity contribution is 6.07. The Morgan fingerprint density at radius 2 is 1.97 bits per heavy atom. The van der Waals surface area contributed by atoms with Gasteiger partial charge >= 0.3 is 0 Å². The van der Waals surface area contributed by atoms with E-state index in [2.05, 4.69) is 5.32 Å². The fourth-order valence-electron chi connectivity index (χ4n) is 4.15. The van der Waals surface area contributed by atoms with Crippen molar-refractivity contribution in [2.75, 3.05) is 13.2 Å². The Morgan fingerprint density at radius 1 is 1.19 bits per heavy atom. The molecule has 1 saturated heterocycles. The van der Waals surface area contributed by atoms with Crippen LogP contribution in [-0.2, 0) is 11.3 Å². The first kappa shape index (κ1) is 21.2. The number of benzene rings is 2. The molecule has 0 saturated carbocycles. The summed E-state index contributed by atoms with van der Waals surface area (Å²) < 4.78 is 22.1. The van der Waals surface area contributed by atoms with Crippen molar-refractivity contribution < 1.29 is 18.7 Å². The van der Waals surface area contributed by atoms with Gasteiger partial charge in [0.05, 0.1) is 17.7 Å². The van der Waals surface area contributed by atoms with E-state index < -0.39 is 5.82 Å². The minimum Gasteiger partial charge on any atom is -0.381 e. The van der Waals surface area contributed by atoms with Crippen LogP contribution in [-0.4, -0.2) is 35.5 Å². The van der Waals surface area contributed by atoms with Gasteiger partial charge < -0.3 is 14.6 Å². The zero-order valence-corrected chi connectivity index (χ0v) is 17.9. The number of nitrogens with zero attached hydrogens (tertiary/aromatic N) is 1. The number of hydrogen-bond acceptors (Lipinski definition) is 3. The number of aromatic nitrogens is 1. The van der Waals surface area contributed by atoms with E-state index in [1.165, 1.54) is 6.07 Å². The molecule has 2 atom stereocenters. The van der Waals surface area contributed by atoms with Crippen LogP contribution in [0.2, 0.25) is 0 Å². The molecule has 5 nitrogen and oxygen atoms in total. The van der Waals surface area contributed by atoms with Crippen LogP contribution in [0.4, 0.5) is 4.39 Å². The summed E-state index contributed by atoms with van der Waals surface area (Å²) in [6.45, 7) is 5.58. The van der Waals surface area contributed by atoms with Crippen molar-refractivity contribution in [1.29, 1.82) is 0 Å². The van der Waals surface area contributed by atoms with E-state index in [9.17, 15) is 14.0 Å². The molecule has 4 rings (SSSR count). The lowest BCUT2D eigenvalue weighted by Crippen LogP contribution is -2.44. The molecule has 1 N–H and O–H groups in total. The van der Waals surface area contributed by atoms with Crippen molar-refractivity contribution >= 4 is 22.6 Å². The van der Waals surface area contributed by atoms with E-state index in [-0.39, 0.29) is 23.7 Å². The fraction of sp³-hybridized carbons (Fsp3) is 0.360. The summed E-state index contributed by atoms with van der Waals surface area (Å²) in [5.74, 6) is -0.372. The quantitative estimate of drug-likeness (QED) is 0.592. The highest BCUT2D eigenvalue weighted by Gasteiger charge is 2.26. The molecule has 6 heteroatoms. The molecule has 162 valence electrons. The maximum Gasteiger partial charge on any atom is 0.253 e. The Bertz CT molecular complexity index is 1100. The highest BCUT2D eigenvalue weighted by atomic mass is 19.1. The first-order valence-electron chi connectivity index (χ1n) is 10.8. The van der Waals surface area contributed by atoms with E-state index in [1.54, 1.807) is 12.3 Å². The molecule has 1 aliphatic rings. The summed E-state index contributed by atoms with van der Waals surface area (Å²) in [6, 6.07) is 12.3. The number of ketones is 1. The highest BCUT2D eigenvalue weighted by Crippen LogP contribution is 2.26. The maximum absolute atomic E-state index is 14.7. The predicted octanol–water partition coefficient (Wildman–Crippen LogP) is 4.58. The van der Waals surface area contributed by atoms with Gasteiger partial charge in [-0.05, 0) is 30.0 Å². The Balaban J connectivity index is 1.63. The molecule has 1 fully saturated rings. The maximum atomic E-state index is 14.7. The summed E-state index contributed by atoms with van der Waals surface area (Å²) in [7, 11) is 0. The topological polar surface area (TPSA) is 60.3 Å². The number of nitrogens with one attached hydrogen (secondary N) is 1. The number of fused-ring (bicyclic) bond motifs is 1. The van der Waals surface area contributed by atoms with Crippen LogP contribution in [0.3, 0.4) is 0 Å². The van der Waals surface area contributed by atoms with Gasteiger partial charge in [-0.25, -0.2) is 4.39 Å². The molecular formula is C25H27FN2O3. The molecule has 1 amide bonds. The molecular weight excluding hydrogens is 395 g/mol. The van der Waals surface area contributed by atoms with Crippen molar-refractivity contribution in [3.63, 3.8) is 0 Å². The zero-order valence-electron chi connectivity index (χ0n) is 17.9. The molecule has 2 heterocycles. The first-order valence-corrected chi connectivity index (χ1v) is 10.8. The molecule has 31 heavy (non-hydrogen) atoms. The number of rotatable bonds is 6. The van der Waals surface area contributed by atoms with Crippen molar-refractivity contribution in [2.24, 2.45) is 5.92 Å². The summed E-state index contributed by atoms with van der Waals surface area (Å²) in [4.78, 5) is 24.9. The monoisotopic (exact) mass is 422 g/mol. The van der Waals surface area contributed by atoms with E-state index in [0.717, 1.165) is 12.0 Å². The molecule has 0 spiro atoms. The summed E-state index contributed by atoms with van der Waals surface area (Å²) in [6.07, 6.45) is 2.93. The van der Waals surface area contributed by atoms with Crippen LogP contribution in [0.5, 0.6) is 0 Å². The van der Waals surface area contributed by atoms with Crippen LogP contribution in [0, 0.1) is 11.7 Å². The average molecular weight is 423 g/mol. The number of ether oxygens (including phenoxy) is 1. The lowest BCUT2D eigenvalue weighted by atomic mass is 9.97. The molecule has 2 unspecified atom stereocenters. The third-order valence-electron chi connectivity index (χ3n) is 6.01. The number of carbonyl (C=O) groups is 2. The van der Waals surface area contributed by atoms with Gasteiger partial charge in [0.2, 0.25) is 0 Å². The third kappa shape index (κ3) is 4.39. The average Bonchev–Trinajstić information content (AvgIpc) is 3.15. The van der Waals surface area contributed by atoms with Gasteiger partial charge in [0.25, 0.3) is 5.91 Å². The lowest BCUT2D eigenvalue weighted by molar-refractivity contribution is 0.0375. The van der Waals surface area contributed by atoms with E-state index in [4.69, 9.17) is 4.74 Å². The van der Waals surface area contributed by atoms with Gasteiger partial charge in [-0.3, -0.25) is 9.59 Å². The standard InChI is InChI=1S/C25H27FN2O3/c1-3-23(29)18-9-7-17(8-10-18)13-28-14-19(24-20(26)5-4-6-22(24)28)25(30)27-21-11-12-31-15-16(21)2/h4-10,14,16,21H,3,11-13,15H2,1-2H3,(H,27,30). The van der Waals surface area contributed by atoms with Gasteiger partial charge in [-0.2, -0.15) is 0 Å². The Morgan fingerprint density at radius 3 is 2.68 bits per heavy atom. The van der Waals surface area contributed by atoms with Crippen LogP contribution >= 0.6 is 0 Å². The van der Waals surface area contributed by atoms with Gasteiger partial charge in [-0.15, -0.1) is 0 Å². The van der Waals surface area contributed by atoms with E-state index >= 15 is 0 Å². The zero-order chi connectivity index (χ0) is 22.0. The SMILES string of the molecule is CCC(=O)c1ccc(Cn2cc(C(=O)NC3CCOCC3C)c3c(F)cccc32)cc1. The summed E-state index contributed by atoms with van der Waals surface area (Å²) in [5, 5.41) is 3.40. The second-order valence-electron chi connectivity index (χ2n) is 8.20. The van der Waals surface area contributed by atoms with E-state index in [1.807, 2.05) is 48.7 Å². The smallest absolute Gasteiger partial charge is 0.253 e. The summed E-state index contributed by atoms with van der Waals surface area (Å²) in [5.41, 5.74) is 2.66. The van der Waals surface area contributed by atoms with Gasteiger partial charge in [0.15, 0.2) is 5.78 Å². The number of Topliss-reactive ketones (excluding diaryl/α,β-unsaturated/α-hetero) is 1. The number of amides is 1. The molecule has 3 aromatic rings. The largest absolute Gasteiger partial charge is 0.381 e. The number of hydrogen-bond donors (Lipinski definition) is 1. The van der Waals surface area contributed by atoms with Crippen LogP contribution in [0.15, 0.2) is 48.7 Å². The first-order chi connectivity index (χ1) is 15.0. The van der Waals surface area contributed by atoms with Crippen molar-refractivity contribution in [1.82, 2.24) is 9.88 Å². The fourth-order valence-corrected chi connectivity index (χ4v) is 4.15.